The summed E-state index contributed by atoms with van der Waals surface area (Å²) in [6, 6.07) is 0. The highest BCUT2D eigenvalue weighted by atomic mass is 19.4. The number of nitrogens with zero attached hydrogens (tertiary/aromatic N) is 1. The van der Waals surface area contributed by atoms with E-state index in [1.165, 1.54) is 0 Å². The third kappa shape index (κ3) is 3.53. The zero-order chi connectivity index (χ0) is 10.8. The van der Waals surface area contributed by atoms with E-state index in [-0.39, 0.29) is 6.54 Å². The number of carboxylic acid groups (broad SMARTS) is 1. The molecule has 1 fully saturated rings. The fourth-order valence-electron chi connectivity index (χ4n) is 1.65. The number of piperidine rings is 1. The smallest absolute Gasteiger partial charge is 0.401 e. The van der Waals surface area contributed by atoms with Gasteiger partial charge in [-0.3, -0.25) is 9.69 Å². The van der Waals surface area contributed by atoms with Crippen molar-refractivity contribution in [2.45, 2.75) is 19.0 Å². The van der Waals surface area contributed by atoms with Gasteiger partial charge in [0.1, 0.15) is 0 Å². The van der Waals surface area contributed by atoms with Crippen molar-refractivity contribution in [3.8, 4) is 0 Å². The molecular formula is C8H12F3NO2. The van der Waals surface area contributed by atoms with Crippen LogP contribution in [-0.4, -0.2) is 41.8 Å². The highest BCUT2D eigenvalue weighted by molar-refractivity contribution is 5.70. The SMILES string of the molecule is O=C(O)[C@@H]1CCCN(CC(F)(F)F)C1. The fraction of sp³-hybridized carbons (Fsp3) is 0.875. The molecule has 3 nitrogen and oxygen atoms in total. The maximum Gasteiger partial charge on any atom is 0.401 e. The van der Waals surface area contributed by atoms with E-state index in [2.05, 4.69) is 0 Å². The van der Waals surface area contributed by atoms with Crippen molar-refractivity contribution in [3.05, 3.63) is 0 Å². The van der Waals surface area contributed by atoms with Gasteiger partial charge in [-0.15, -0.1) is 0 Å². The third-order valence-corrected chi connectivity index (χ3v) is 2.26. The van der Waals surface area contributed by atoms with Crippen LogP contribution in [0.2, 0.25) is 0 Å². The Morgan fingerprint density at radius 3 is 2.64 bits per heavy atom. The predicted molar refractivity (Wildman–Crippen MR) is 42.9 cm³/mol. The standard InChI is InChI=1S/C8H12F3NO2/c9-8(10,11)5-12-3-1-2-6(4-12)7(13)14/h6H,1-5H2,(H,13,14)/t6-/m1/s1. The summed E-state index contributed by atoms with van der Waals surface area (Å²) in [5.41, 5.74) is 0. The minimum Gasteiger partial charge on any atom is -0.481 e. The molecule has 0 aromatic carbocycles. The Balaban J connectivity index is 2.44. The fourth-order valence-corrected chi connectivity index (χ4v) is 1.65. The summed E-state index contributed by atoms with van der Waals surface area (Å²) in [5, 5.41) is 8.65. The van der Waals surface area contributed by atoms with Crippen molar-refractivity contribution in [1.29, 1.82) is 0 Å². The molecule has 0 aromatic rings. The Hall–Kier alpha value is -0.780. The van der Waals surface area contributed by atoms with Crippen molar-refractivity contribution < 1.29 is 23.1 Å². The third-order valence-electron chi connectivity index (χ3n) is 2.26. The first-order valence-corrected chi connectivity index (χ1v) is 4.40. The van der Waals surface area contributed by atoms with Gasteiger partial charge in [-0.2, -0.15) is 13.2 Å². The van der Waals surface area contributed by atoms with Crippen LogP contribution in [0.5, 0.6) is 0 Å². The number of alkyl halides is 3. The van der Waals surface area contributed by atoms with Crippen molar-refractivity contribution in [2.75, 3.05) is 19.6 Å². The van der Waals surface area contributed by atoms with Crippen molar-refractivity contribution in [2.24, 2.45) is 5.92 Å². The number of carboxylic acids is 1. The molecule has 1 aliphatic rings. The Morgan fingerprint density at radius 2 is 2.14 bits per heavy atom. The van der Waals surface area contributed by atoms with Gasteiger partial charge in [0.15, 0.2) is 0 Å². The van der Waals surface area contributed by atoms with Gasteiger partial charge < -0.3 is 5.11 Å². The van der Waals surface area contributed by atoms with E-state index >= 15 is 0 Å². The van der Waals surface area contributed by atoms with Crippen LogP contribution < -0.4 is 0 Å². The van der Waals surface area contributed by atoms with Gasteiger partial charge in [0.2, 0.25) is 0 Å². The van der Waals surface area contributed by atoms with E-state index in [1.54, 1.807) is 0 Å². The summed E-state index contributed by atoms with van der Waals surface area (Å²) >= 11 is 0. The van der Waals surface area contributed by atoms with Crippen LogP contribution in [0.25, 0.3) is 0 Å². The van der Waals surface area contributed by atoms with Gasteiger partial charge in [0.25, 0.3) is 0 Å². The minimum atomic E-state index is -4.24. The average molecular weight is 211 g/mol. The van der Waals surface area contributed by atoms with Crippen molar-refractivity contribution in [3.63, 3.8) is 0 Å². The zero-order valence-corrected chi connectivity index (χ0v) is 7.55. The summed E-state index contributed by atoms with van der Waals surface area (Å²) in [4.78, 5) is 11.7. The molecule has 0 saturated carbocycles. The highest BCUT2D eigenvalue weighted by Gasteiger charge is 2.34. The lowest BCUT2D eigenvalue weighted by Crippen LogP contribution is -2.43. The molecule has 0 unspecified atom stereocenters. The van der Waals surface area contributed by atoms with Crippen molar-refractivity contribution >= 4 is 5.97 Å². The summed E-state index contributed by atoms with van der Waals surface area (Å²) in [6.07, 6.45) is -3.24. The molecule has 0 radical (unpaired) electrons. The second-order valence-electron chi connectivity index (χ2n) is 3.53. The molecule has 1 rings (SSSR count). The second kappa shape index (κ2) is 4.16. The van der Waals surface area contributed by atoms with Crippen LogP contribution in [-0.2, 0) is 4.79 Å². The molecular weight excluding hydrogens is 199 g/mol. The van der Waals surface area contributed by atoms with Gasteiger partial charge in [0.05, 0.1) is 12.5 Å². The largest absolute Gasteiger partial charge is 0.481 e. The number of hydrogen-bond acceptors (Lipinski definition) is 2. The van der Waals surface area contributed by atoms with Crippen molar-refractivity contribution in [1.82, 2.24) is 4.90 Å². The molecule has 0 spiro atoms. The number of rotatable bonds is 2. The first kappa shape index (κ1) is 11.3. The van der Waals surface area contributed by atoms with E-state index in [0.29, 0.717) is 19.4 Å². The highest BCUT2D eigenvalue weighted by Crippen LogP contribution is 2.22. The minimum absolute atomic E-state index is 0.00877. The summed E-state index contributed by atoms with van der Waals surface area (Å²) in [6.45, 7) is -0.658. The lowest BCUT2D eigenvalue weighted by atomic mass is 9.98. The summed E-state index contributed by atoms with van der Waals surface area (Å²) < 4.78 is 35.9. The number of hydrogen-bond donors (Lipinski definition) is 1. The van der Waals surface area contributed by atoms with E-state index in [1.807, 2.05) is 0 Å². The van der Waals surface area contributed by atoms with Crippen LogP contribution in [0.15, 0.2) is 0 Å². The Labute approximate surface area is 79.5 Å². The quantitative estimate of drug-likeness (QED) is 0.749. The number of carbonyl (C=O) groups is 1. The number of likely N-dealkylation sites (tertiary alicyclic amines) is 1. The Morgan fingerprint density at radius 1 is 1.50 bits per heavy atom. The summed E-state index contributed by atoms with van der Waals surface area (Å²) in [5.74, 6) is -1.65. The summed E-state index contributed by atoms with van der Waals surface area (Å²) in [7, 11) is 0. The van der Waals surface area contributed by atoms with Gasteiger partial charge >= 0.3 is 12.1 Å². The molecule has 0 aliphatic carbocycles. The topological polar surface area (TPSA) is 40.5 Å². The van der Waals surface area contributed by atoms with E-state index in [9.17, 15) is 18.0 Å². The van der Waals surface area contributed by atoms with E-state index < -0.39 is 24.6 Å². The lowest BCUT2D eigenvalue weighted by molar-refractivity contribution is -0.157. The molecule has 82 valence electrons. The molecule has 0 bridgehead atoms. The van der Waals surface area contributed by atoms with Crippen LogP contribution in [0, 0.1) is 5.92 Å². The lowest BCUT2D eigenvalue weighted by Gasteiger charge is -2.30. The van der Waals surface area contributed by atoms with E-state index in [4.69, 9.17) is 5.11 Å². The van der Waals surface area contributed by atoms with E-state index in [0.717, 1.165) is 4.90 Å². The Bertz CT molecular complexity index is 217. The number of halogens is 3. The van der Waals surface area contributed by atoms with Crippen LogP contribution >= 0.6 is 0 Å². The molecule has 14 heavy (non-hydrogen) atoms. The van der Waals surface area contributed by atoms with Crippen LogP contribution in [0.4, 0.5) is 13.2 Å². The normalized spacial score (nSPS) is 24.9. The van der Waals surface area contributed by atoms with Gasteiger partial charge in [-0.25, -0.2) is 0 Å². The maximum atomic E-state index is 12.0. The monoisotopic (exact) mass is 211 g/mol. The molecule has 6 heteroatoms. The molecule has 1 saturated heterocycles. The van der Waals surface area contributed by atoms with Gasteiger partial charge in [-0.05, 0) is 19.4 Å². The van der Waals surface area contributed by atoms with Gasteiger partial charge in [0, 0.05) is 6.54 Å². The molecule has 0 aromatic heterocycles. The Kier molecular flexibility index (Phi) is 3.36. The van der Waals surface area contributed by atoms with Crippen LogP contribution in [0.3, 0.4) is 0 Å². The number of aliphatic carboxylic acids is 1. The second-order valence-corrected chi connectivity index (χ2v) is 3.53. The average Bonchev–Trinajstić information content (AvgIpc) is 2.01. The van der Waals surface area contributed by atoms with Gasteiger partial charge in [-0.1, -0.05) is 0 Å². The molecule has 1 aliphatic heterocycles. The first-order chi connectivity index (χ1) is 6.38. The zero-order valence-electron chi connectivity index (χ0n) is 7.55. The maximum absolute atomic E-state index is 12.0. The molecule has 1 N–H and O–H groups in total. The van der Waals surface area contributed by atoms with Crippen LogP contribution in [0.1, 0.15) is 12.8 Å². The molecule has 1 atom stereocenters. The molecule has 1 heterocycles. The first-order valence-electron chi connectivity index (χ1n) is 4.40. The predicted octanol–water partition coefficient (Wildman–Crippen LogP) is 1.35. The molecule has 0 amide bonds.